The summed E-state index contributed by atoms with van der Waals surface area (Å²) in [7, 11) is 4.81. The average molecular weight is 303 g/mol. The van der Waals surface area contributed by atoms with E-state index >= 15 is 0 Å². The summed E-state index contributed by atoms with van der Waals surface area (Å²) in [6, 6.07) is 6.79. The lowest BCUT2D eigenvalue weighted by molar-refractivity contribution is 0.0841. The van der Waals surface area contributed by atoms with Crippen molar-refractivity contribution in [2.45, 2.75) is 77.0 Å². The lowest BCUT2D eigenvalue weighted by atomic mass is 9.70. The highest BCUT2D eigenvalue weighted by Gasteiger charge is 2.34. The first-order valence-electron chi connectivity index (χ1n) is 7.96. The van der Waals surface area contributed by atoms with Crippen LogP contribution >= 0.6 is 9.24 Å². The van der Waals surface area contributed by atoms with Gasteiger partial charge in [-0.2, -0.15) is 0 Å². The molecule has 0 heterocycles. The van der Waals surface area contributed by atoms with Crippen LogP contribution in [0.25, 0.3) is 0 Å². The van der Waals surface area contributed by atoms with Crippen LogP contribution in [0.1, 0.15) is 65.5 Å². The molecule has 0 aromatic heterocycles. The molecule has 21 heavy (non-hydrogen) atoms. The summed E-state index contributed by atoms with van der Waals surface area (Å²) < 4.78 is 6.09. The minimum absolute atomic E-state index is 0.0248. The Kier molecular flexibility index (Phi) is 4.63. The number of hydrogen-bond donors (Lipinski definition) is 0. The van der Waals surface area contributed by atoms with Gasteiger partial charge in [-0.15, -0.1) is 9.24 Å². The maximum absolute atomic E-state index is 6.09. The van der Waals surface area contributed by atoms with E-state index in [0.29, 0.717) is 0 Å². The van der Waals surface area contributed by atoms with Crippen LogP contribution < -0.4 is 5.46 Å². The molecule has 115 valence electrons. The Labute approximate surface area is 133 Å². The van der Waals surface area contributed by atoms with Crippen LogP contribution in [-0.2, 0) is 16.5 Å². The van der Waals surface area contributed by atoms with Gasteiger partial charge in [-0.1, -0.05) is 51.4 Å². The van der Waals surface area contributed by atoms with Crippen molar-refractivity contribution in [3.8, 4) is 0 Å². The average Bonchev–Trinajstić information content (AvgIpc) is 2.35. The van der Waals surface area contributed by atoms with Crippen LogP contribution in [0.3, 0.4) is 0 Å². The van der Waals surface area contributed by atoms with Crippen LogP contribution in [0.4, 0.5) is 0 Å². The molecular weight excluding hydrogens is 274 g/mol. The van der Waals surface area contributed by atoms with Gasteiger partial charge < -0.3 is 4.65 Å². The fraction of sp³-hybridized carbons (Fsp3) is 0.667. The SMILES string of the molecule is CC1(C)CCCc2ccc([B]OC(C)(C)C(C)(C)P)cc21. The van der Waals surface area contributed by atoms with Gasteiger partial charge >= 0.3 is 7.48 Å². The van der Waals surface area contributed by atoms with Crippen molar-refractivity contribution in [2.75, 3.05) is 0 Å². The fourth-order valence-electron chi connectivity index (χ4n) is 2.74. The number of hydrogen-bond acceptors (Lipinski definition) is 1. The smallest absolute Gasteiger partial charge is 0.330 e. The van der Waals surface area contributed by atoms with E-state index in [9.17, 15) is 0 Å². The van der Waals surface area contributed by atoms with Crippen LogP contribution in [0.2, 0.25) is 0 Å². The highest BCUT2D eigenvalue weighted by atomic mass is 31.0. The topological polar surface area (TPSA) is 9.23 Å². The normalized spacial score (nSPS) is 18.2. The molecular formula is C18H29BOP. The van der Waals surface area contributed by atoms with Crippen LogP contribution in [0.5, 0.6) is 0 Å². The molecule has 0 bridgehead atoms. The van der Waals surface area contributed by atoms with E-state index in [1.54, 1.807) is 0 Å². The van der Waals surface area contributed by atoms with E-state index in [1.165, 1.54) is 35.9 Å². The third-order valence-corrected chi connectivity index (χ3v) is 5.85. The van der Waals surface area contributed by atoms with Crippen molar-refractivity contribution in [3.63, 3.8) is 0 Å². The summed E-state index contributed by atoms with van der Waals surface area (Å²) in [4.78, 5) is 0. The van der Waals surface area contributed by atoms with Gasteiger partial charge in [0.25, 0.3) is 0 Å². The summed E-state index contributed by atoms with van der Waals surface area (Å²) in [5, 5.41) is 0.0248. The minimum atomic E-state index is -0.219. The maximum Gasteiger partial charge on any atom is 0.330 e. The molecule has 1 nitrogen and oxygen atoms in total. The minimum Gasteiger partial charge on any atom is -0.429 e. The summed E-state index contributed by atoms with van der Waals surface area (Å²) in [6.07, 6.45) is 3.78. The van der Waals surface area contributed by atoms with Crippen molar-refractivity contribution >= 4 is 22.2 Å². The molecule has 1 aliphatic rings. The molecule has 0 aliphatic heterocycles. The van der Waals surface area contributed by atoms with Crippen LogP contribution in [-0.4, -0.2) is 18.2 Å². The standard InChI is InChI=1S/C18H29BOP/c1-16(2)11-7-8-13-9-10-14(12-15(13)16)19-20-17(3,4)18(5,6)21/h9-10,12H,7-8,11,21H2,1-6H3. The fourth-order valence-corrected chi connectivity index (χ4v) is 2.81. The lowest BCUT2D eigenvalue weighted by Crippen LogP contribution is -2.45. The monoisotopic (exact) mass is 303 g/mol. The van der Waals surface area contributed by atoms with Gasteiger partial charge in [-0.05, 0) is 49.7 Å². The second-order valence-corrected chi connectivity index (χ2v) is 9.57. The van der Waals surface area contributed by atoms with Crippen LogP contribution in [0.15, 0.2) is 18.2 Å². The first-order valence-corrected chi connectivity index (χ1v) is 8.54. The Hall–Kier alpha value is -0.325. The van der Waals surface area contributed by atoms with E-state index in [2.05, 4.69) is 69.0 Å². The summed E-state index contributed by atoms with van der Waals surface area (Å²) in [5.41, 5.74) is 4.24. The summed E-state index contributed by atoms with van der Waals surface area (Å²) in [5.74, 6) is 0. The van der Waals surface area contributed by atoms with Gasteiger partial charge in [-0.25, -0.2) is 0 Å². The molecule has 0 saturated heterocycles. The molecule has 0 N–H and O–H groups in total. The highest BCUT2D eigenvalue weighted by Crippen LogP contribution is 2.36. The number of benzene rings is 1. The Morgan fingerprint density at radius 3 is 2.48 bits per heavy atom. The quantitative estimate of drug-likeness (QED) is 0.603. The zero-order valence-electron chi connectivity index (χ0n) is 14.4. The molecule has 0 amide bonds. The van der Waals surface area contributed by atoms with Crippen molar-refractivity contribution in [1.29, 1.82) is 0 Å². The molecule has 1 radical (unpaired) electrons. The van der Waals surface area contributed by atoms with Gasteiger partial charge in [0.05, 0.1) is 5.60 Å². The molecule has 1 unspecified atom stereocenters. The van der Waals surface area contributed by atoms with E-state index in [1.807, 2.05) is 7.48 Å². The van der Waals surface area contributed by atoms with E-state index in [-0.39, 0.29) is 16.2 Å². The van der Waals surface area contributed by atoms with Crippen molar-refractivity contribution in [2.24, 2.45) is 0 Å². The second-order valence-electron chi connectivity index (χ2n) is 8.12. The summed E-state index contributed by atoms with van der Waals surface area (Å²) >= 11 is 0. The largest absolute Gasteiger partial charge is 0.429 e. The third kappa shape index (κ3) is 3.72. The Balaban J connectivity index is 2.16. The second kappa shape index (κ2) is 5.71. The maximum atomic E-state index is 6.09. The number of rotatable bonds is 4. The zero-order valence-corrected chi connectivity index (χ0v) is 15.6. The van der Waals surface area contributed by atoms with E-state index < -0.39 is 0 Å². The Morgan fingerprint density at radius 1 is 1.19 bits per heavy atom. The van der Waals surface area contributed by atoms with Crippen molar-refractivity contribution in [1.82, 2.24) is 0 Å². The zero-order chi connectivity index (χ0) is 15.9. The Bertz CT molecular complexity index is 514. The molecule has 2 rings (SSSR count). The van der Waals surface area contributed by atoms with Crippen molar-refractivity contribution in [3.05, 3.63) is 29.3 Å². The highest BCUT2D eigenvalue weighted by molar-refractivity contribution is 7.19. The van der Waals surface area contributed by atoms with Gasteiger partial charge in [-0.3, -0.25) is 0 Å². The van der Waals surface area contributed by atoms with Crippen LogP contribution in [0, 0.1) is 0 Å². The molecule has 0 saturated carbocycles. The van der Waals surface area contributed by atoms with Gasteiger partial charge in [0.2, 0.25) is 0 Å². The molecule has 3 heteroatoms. The van der Waals surface area contributed by atoms with E-state index in [4.69, 9.17) is 4.65 Å². The molecule has 0 spiro atoms. The lowest BCUT2D eigenvalue weighted by Gasteiger charge is -2.39. The molecule has 1 aliphatic carbocycles. The Morgan fingerprint density at radius 2 is 1.86 bits per heavy atom. The first-order chi connectivity index (χ1) is 9.53. The third-order valence-electron chi connectivity index (χ3n) is 5.15. The van der Waals surface area contributed by atoms with E-state index in [0.717, 1.165) is 0 Å². The predicted molar refractivity (Wildman–Crippen MR) is 96.7 cm³/mol. The van der Waals surface area contributed by atoms with Gasteiger partial charge in [0, 0.05) is 5.16 Å². The summed E-state index contributed by atoms with van der Waals surface area (Å²) in [6.45, 7) is 13.3. The molecule has 1 aromatic rings. The molecule has 1 aromatic carbocycles. The van der Waals surface area contributed by atoms with Gasteiger partial charge in [0.1, 0.15) is 0 Å². The molecule has 1 atom stereocenters. The predicted octanol–water partition coefficient (Wildman–Crippen LogP) is 3.99. The van der Waals surface area contributed by atoms with Crippen molar-refractivity contribution < 1.29 is 4.65 Å². The molecule has 0 fully saturated rings. The number of fused-ring (bicyclic) bond motifs is 1. The first kappa shape index (κ1) is 17.0. The number of aryl methyl sites for hydroxylation is 1. The van der Waals surface area contributed by atoms with Gasteiger partial charge in [0.15, 0.2) is 0 Å².